The van der Waals surface area contributed by atoms with Gasteiger partial charge in [0.2, 0.25) is 5.91 Å². The van der Waals surface area contributed by atoms with Gasteiger partial charge < -0.3 is 15.5 Å². The van der Waals surface area contributed by atoms with Crippen LogP contribution in [0.1, 0.15) is 33.6 Å². The van der Waals surface area contributed by atoms with Crippen molar-refractivity contribution in [1.82, 2.24) is 0 Å². The standard InChI is InChI=1S/C24H21N3O3/c28-22-14-7-15-27(22)19-11-6-10-18(16-19)25-24(30)20-12-4-5-13-21(20)26-23(29)17-8-2-1-3-9-17/h1-6,8-13,16H,7,14-15H2,(H,25,30)(H,26,29). The highest BCUT2D eigenvalue weighted by atomic mass is 16.2. The van der Waals surface area contributed by atoms with Gasteiger partial charge in [0, 0.05) is 29.9 Å². The van der Waals surface area contributed by atoms with Gasteiger partial charge in [-0.25, -0.2) is 0 Å². The zero-order valence-electron chi connectivity index (χ0n) is 16.3. The first-order valence-corrected chi connectivity index (χ1v) is 9.79. The predicted octanol–water partition coefficient (Wildman–Crippen LogP) is 4.32. The summed E-state index contributed by atoms with van der Waals surface area (Å²) in [6, 6.07) is 22.9. The Bertz CT molecular complexity index is 1100. The van der Waals surface area contributed by atoms with Crippen molar-refractivity contribution in [2.24, 2.45) is 0 Å². The molecule has 4 rings (SSSR count). The highest BCUT2D eigenvalue weighted by Crippen LogP contribution is 2.25. The largest absolute Gasteiger partial charge is 0.322 e. The average Bonchev–Trinajstić information content (AvgIpc) is 3.21. The Morgan fingerprint density at radius 1 is 0.800 bits per heavy atom. The van der Waals surface area contributed by atoms with Gasteiger partial charge in [-0.05, 0) is 48.9 Å². The van der Waals surface area contributed by atoms with Crippen molar-refractivity contribution in [3.8, 4) is 0 Å². The van der Waals surface area contributed by atoms with Crippen LogP contribution in [0.25, 0.3) is 0 Å². The molecule has 0 unspecified atom stereocenters. The molecular weight excluding hydrogens is 378 g/mol. The van der Waals surface area contributed by atoms with Crippen LogP contribution in [-0.2, 0) is 4.79 Å². The van der Waals surface area contributed by atoms with E-state index in [0.29, 0.717) is 35.5 Å². The third-order valence-corrected chi connectivity index (χ3v) is 4.94. The Morgan fingerprint density at radius 2 is 1.57 bits per heavy atom. The number of hydrogen-bond donors (Lipinski definition) is 2. The van der Waals surface area contributed by atoms with Crippen molar-refractivity contribution >= 4 is 34.8 Å². The monoisotopic (exact) mass is 399 g/mol. The van der Waals surface area contributed by atoms with Crippen molar-refractivity contribution in [2.75, 3.05) is 22.1 Å². The zero-order valence-corrected chi connectivity index (χ0v) is 16.3. The van der Waals surface area contributed by atoms with Gasteiger partial charge in [-0.15, -0.1) is 0 Å². The number of benzene rings is 3. The molecule has 6 nitrogen and oxygen atoms in total. The summed E-state index contributed by atoms with van der Waals surface area (Å²) in [5.74, 6) is -0.540. The number of rotatable bonds is 5. The van der Waals surface area contributed by atoms with Crippen molar-refractivity contribution < 1.29 is 14.4 Å². The van der Waals surface area contributed by atoms with E-state index in [4.69, 9.17) is 0 Å². The molecule has 1 saturated heterocycles. The summed E-state index contributed by atoms with van der Waals surface area (Å²) in [5.41, 5.74) is 2.64. The van der Waals surface area contributed by atoms with Gasteiger partial charge in [-0.2, -0.15) is 0 Å². The minimum absolute atomic E-state index is 0.0902. The molecule has 0 atom stereocenters. The molecule has 0 saturated carbocycles. The Kier molecular flexibility index (Phi) is 5.57. The van der Waals surface area contributed by atoms with Crippen LogP contribution < -0.4 is 15.5 Å². The number of hydrogen-bond acceptors (Lipinski definition) is 3. The van der Waals surface area contributed by atoms with Crippen LogP contribution in [0.15, 0.2) is 78.9 Å². The Balaban J connectivity index is 1.52. The number of amides is 3. The van der Waals surface area contributed by atoms with Crippen molar-refractivity contribution in [1.29, 1.82) is 0 Å². The lowest BCUT2D eigenvalue weighted by Gasteiger charge is -2.17. The number of para-hydroxylation sites is 1. The molecule has 0 aromatic heterocycles. The Hall–Kier alpha value is -3.93. The van der Waals surface area contributed by atoms with E-state index in [0.717, 1.165) is 12.1 Å². The van der Waals surface area contributed by atoms with Gasteiger partial charge in [-0.3, -0.25) is 14.4 Å². The Morgan fingerprint density at radius 3 is 2.33 bits per heavy atom. The third-order valence-electron chi connectivity index (χ3n) is 4.94. The summed E-state index contributed by atoms with van der Waals surface area (Å²) in [5, 5.41) is 5.66. The summed E-state index contributed by atoms with van der Waals surface area (Å²) >= 11 is 0. The number of nitrogens with zero attached hydrogens (tertiary/aromatic N) is 1. The molecule has 0 aliphatic carbocycles. The molecule has 1 heterocycles. The first-order valence-electron chi connectivity index (χ1n) is 9.79. The van der Waals surface area contributed by atoms with Crippen molar-refractivity contribution in [3.05, 3.63) is 90.0 Å². The smallest absolute Gasteiger partial charge is 0.257 e. The maximum absolute atomic E-state index is 12.9. The van der Waals surface area contributed by atoms with Crippen LogP contribution in [0.2, 0.25) is 0 Å². The van der Waals surface area contributed by atoms with Gasteiger partial charge in [0.15, 0.2) is 0 Å². The maximum atomic E-state index is 12.9. The fraction of sp³-hybridized carbons (Fsp3) is 0.125. The summed E-state index contributed by atoms with van der Waals surface area (Å²) in [7, 11) is 0. The highest BCUT2D eigenvalue weighted by molar-refractivity contribution is 6.12. The van der Waals surface area contributed by atoms with E-state index in [-0.39, 0.29) is 17.7 Å². The van der Waals surface area contributed by atoms with E-state index in [1.807, 2.05) is 12.1 Å². The quantitative estimate of drug-likeness (QED) is 0.671. The van der Waals surface area contributed by atoms with Crippen LogP contribution >= 0.6 is 0 Å². The molecule has 3 aromatic rings. The van der Waals surface area contributed by atoms with E-state index < -0.39 is 0 Å². The second kappa shape index (κ2) is 8.61. The van der Waals surface area contributed by atoms with Crippen LogP contribution in [0.3, 0.4) is 0 Å². The van der Waals surface area contributed by atoms with Gasteiger partial charge in [0.05, 0.1) is 11.3 Å². The normalized spacial score (nSPS) is 13.2. The molecule has 0 radical (unpaired) electrons. The molecular formula is C24H21N3O3. The van der Waals surface area contributed by atoms with E-state index in [9.17, 15) is 14.4 Å². The second-order valence-corrected chi connectivity index (χ2v) is 7.02. The van der Waals surface area contributed by atoms with Crippen molar-refractivity contribution in [3.63, 3.8) is 0 Å². The second-order valence-electron chi connectivity index (χ2n) is 7.02. The van der Waals surface area contributed by atoms with Crippen LogP contribution in [0, 0.1) is 0 Å². The molecule has 30 heavy (non-hydrogen) atoms. The summed E-state index contributed by atoms with van der Waals surface area (Å²) in [6.45, 7) is 0.685. The van der Waals surface area contributed by atoms with Gasteiger partial charge in [0.25, 0.3) is 11.8 Å². The molecule has 1 aliphatic rings. The average molecular weight is 399 g/mol. The van der Waals surface area contributed by atoms with Crippen molar-refractivity contribution in [2.45, 2.75) is 12.8 Å². The van der Waals surface area contributed by atoms with Crippen LogP contribution in [-0.4, -0.2) is 24.3 Å². The summed E-state index contributed by atoms with van der Waals surface area (Å²) < 4.78 is 0. The fourth-order valence-electron chi connectivity index (χ4n) is 3.45. The number of anilines is 3. The summed E-state index contributed by atoms with van der Waals surface area (Å²) in [4.78, 5) is 39.1. The first kappa shape index (κ1) is 19.4. The molecule has 6 heteroatoms. The minimum atomic E-state index is -0.344. The van der Waals surface area contributed by atoms with E-state index >= 15 is 0 Å². The lowest BCUT2D eigenvalue weighted by Crippen LogP contribution is -2.24. The SMILES string of the molecule is O=C(Nc1ccccc1C(=O)Nc1cccc(N2CCCC2=O)c1)c1ccccc1. The van der Waals surface area contributed by atoms with Gasteiger partial charge in [0.1, 0.15) is 0 Å². The minimum Gasteiger partial charge on any atom is -0.322 e. The van der Waals surface area contributed by atoms with Crippen LogP contribution in [0.4, 0.5) is 17.1 Å². The number of nitrogens with one attached hydrogen (secondary N) is 2. The molecule has 0 spiro atoms. The lowest BCUT2D eigenvalue weighted by molar-refractivity contribution is -0.117. The highest BCUT2D eigenvalue weighted by Gasteiger charge is 2.22. The molecule has 1 aliphatic heterocycles. The number of carbonyl (C=O) groups excluding carboxylic acids is 3. The maximum Gasteiger partial charge on any atom is 0.257 e. The zero-order chi connectivity index (χ0) is 20.9. The van der Waals surface area contributed by atoms with Gasteiger partial charge >= 0.3 is 0 Å². The van der Waals surface area contributed by atoms with E-state index in [1.165, 1.54) is 0 Å². The summed E-state index contributed by atoms with van der Waals surface area (Å²) in [6.07, 6.45) is 1.38. The third kappa shape index (κ3) is 4.22. The molecule has 0 bridgehead atoms. The van der Waals surface area contributed by atoms with E-state index in [1.54, 1.807) is 71.6 Å². The molecule has 1 fully saturated rings. The molecule has 150 valence electrons. The molecule has 3 amide bonds. The topological polar surface area (TPSA) is 78.5 Å². The predicted molar refractivity (Wildman–Crippen MR) is 117 cm³/mol. The van der Waals surface area contributed by atoms with E-state index in [2.05, 4.69) is 10.6 Å². The molecule has 3 aromatic carbocycles. The lowest BCUT2D eigenvalue weighted by atomic mass is 10.1. The van der Waals surface area contributed by atoms with Gasteiger partial charge in [-0.1, -0.05) is 36.4 Å². The molecule has 2 N–H and O–H groups in total. The Labute approximate surface area is 174 Å². The first-order chi connectivity index (χ1) is 14.6. The fourth-order valence-corrected chi connectivity index (χ4v) is 3.45. The number of carbonyl (C=O) groups is 3. The van der Waals surface area contributed by atoms with Crippen LogP contribution in [0.5, 0.6) is 0 Å².